The highest BCUT2D eigenvalue weighted by atomic mass is 32.1. The molecule has 0 fully saturated rings. The number of hydrogen-bond donors (Lipinski definition) is 3. The van der Waals surface area contributed by atoms with Crippen molar-refractivity contribution in [2.75, 3.05) is 12.4 Å². The number of nitrogens with one attached hydrogen (secondary N) is 3. The molecule has 0 radical (unpaired) electrons. The molecule has 0 spiro atoms. The van der Waals surface area contributed by atoms with Gasteiger partial charge in [0, 0.05) is 24.4 Å². The molecule has 4 aromatic rings. The number of aromatic nitrogens is 3. The van der Waals surface area contributed by atoms with Crippen LogP contribution in [0.3, 0.4) is 0 Å². The monoisotopic (exact) mass is 404 g/mol. The van der Waals surface area contributed by atoms with Gasteiger partial charge in [0.1, 0.15) is 5.82 Å². The standard InChI is InChI=1S/C20H16N6O2S/c1-21-18-16-15(8-10-29-16)24-17(25-18)12-4-6-13(7-5-12)20(28)26-23-11-14-3-2-9-22-19(14)27/h2-11H,1H3,(H,22,27)(H,26,28)(H,21,24,25). The molecule has 0 aliphatic rings. The van der Waals surface area contributed by atoms with Gasteiger partial charge in [-0.25, -0.2) is 15.4 Å². The highest BCUT2D eigenvalue weighted by Gasteiger charge is 2.11. The van der Waals surface area contributed by atoms with Crippen LogP contribution >= 0.6 is 11.3 Å². The summed E-state index contributed by atoms with van der Waals surface area (Å²) in [6.45, 7) is 0. The third kappa shape index (κ3) is 3.90. The van der Waals surface area contributed by atoms with E-state index in [1.807, 2.05) is 18.5 Å². The summed E-state index contributed by atoms with van der Waals surface area (Å²) in [6.07, 6.45) is 2.83. The zero-order chi connectivity index (χ0) is 20.2. The summed E-state index contributed by atoms with van der Waals surface area (Å²) in [5, 5.41) is 8.90. The van der Waals surface area contributed by atoms with Crippen LogP contribution in [0, 0.1) is 0 Å². The number of fused-ring (bicyclic) bond motifs is 1. The number of benzene rings is 1. The first-order valence-corrected chi connectivity index (χ1v) is 9.58. The van der Waals surface area contributed by atoms with Gasteiger partial charge in [0.05, 0.1) is 22.0 Å². The minimum atomic E-state index is -0.384. The van der Waals surface area contributed by atoms with E-state index in [-0.39, 0.29) is 11.5 Å². The first-order chi connectivity index (χ1) is 14.2. The third-order valence-corrected chi connectivity index (χ3v) is 5.07. The summed E-state index contributed by atoms with van der Waals surface area (Å²) in [7, 11) is 1.82. The van der Waals surface area contributed by atoms with Gasteiger partial charge in [0.15, 0.2) is 5.82 Å². The minimum absolute atomic E-state index is 0.279. The summed E-state index contributed by atoms with van der Waals surface area (Å²) in [5.74, 6) is 0.964. The second kappa shape index (κ2) is 8.03. The van der Waals surface area contributed by atoms with E-state index in [4.69, 9.17) is 0 Å². The maximum absolute atomic E-state index is 12.3. The summed E-state index contributed by atoms with van der Waals surface area (Å²) >= 11 is 1.58. The molecule has 0 aliphatic heterocycles. The van der Waals surface area contributed by atoms with E-state index in [2.05, 4.69) is 30.8 Å². The highest BCUT2D eigenvalue weighted by Crippen LogP contribution is 2.28. The molecule has 3 heterocycles. The number of carbonyl (C=O) groups excluding carboxylic acids is 1. The van der Waals surface area contributed by atoms with Crippen LogP contribution in [-0.4, -0.2) is 34.1 Å². The Hall–Kier alpha value is -3.85. The topological polar surface area (TPSA) is 112 Å². The zero-order valence-corrected chi connectivity index (χ0v) is 16.2. The summed E-state index contributed by atoms with van der Waals surface area (Å²) < 4.78 is 1.00. The van der Waals surface area contributed by atoms with Crippen LogP contribution in [0.1, 0.15) is 15.9 Å². The summed E-state index contributed by atoms with van der Waals surface area (Å²) in [4.78, 5) is 35.5. The number of pyridine rings is 1. The molecule has 144 valence electrons. The number of amides is 1. The SMILES string of the molecule is CNc1nc(-c2ccc(C(=O)NN=Cc3ccc[nH]c3=O)cc2)nc2ccsc12. The lowest BCUT2D eigenvalue weighted by atomic mass is 10.1. The average Bonchev–Trinajstić information content (AvgIpc) is 3.23. The van der Waals surface area contributed by atoms with Crippen molar-refractivity contribution in [3.05, 3.63) is 75.5 Å². The van der Waals surface area contributed by atoms with Crippen molar-refractivity contribution < 1.29 is 4.79 Å². The minimum Gasteiger partial charge on any atom is -0.372 e. The lowest BCUT2D eigenvalue weighted by Crippen LogP contribution is -2.19. The number of aromatic amines is 1. The van der Waals surface area contributed by atoms with E-state index in [9.17, 15) is 9.59 Å². The van der Waals surface area contributed by atoms with Gasteiger partial charge >= 0.3 is 0 Å². The molecule has 0 aliphatic carbocycles. The van der Waals surface area contributed by atoms with Gasteiger partial charge in [-0.15, -0.1) is 11.3 Å². The molecule has 1 amide bonds. The average molecular weight is 404 g/mol. The Morgan fingerprint density at radius 2 is 2.00 bits per heavy atom. The van der Waals surface area contributed by atoms with Gasteiger partial charge in [0.25, 0.3) is 11.5 Å². The number of thiophene rings is 1. The molecule has 4 rings (SSSR count). The van der Waals surface area contributed by atoms with Crippen LogP contribution in [-0.2, 0) is 0 Å². The predicted octanol–water partition coefficient (Wildman–Crippen LogP) is 2.85. The van der Waals surface area contributed by atoms with Crippen molar-refractivity contribution in [3.63, 3.8) is 0 Å². The maximum Gasteiger partial charge on any atom is 0.271 e. The van der Waals surface area contributed by atoms with Crippen LogP contribution in [0.5, 0.6) is 0 Å². The Labute approximate surface area is 169 Å². The Morgan fingerprint density at radius 3 is 2.76 bits per heavy atom. The molecule has 0 atom stereocenters. The molecule has 29 heavy (non-hydrogen) atoms. The number of carbonyl (C=O) groups is 1. The molecular weight excluding hydrogens is 388 g/mol. The van der Waals surface area contributed by atoms with Crippen LogP contribution in [0.4, 0.5) is 5.82 Å². The van der Waals surface area contributed by atoms with Gasteiger partial charge in [-0.3, -0.25) is 9.59 Å². The van der Waals surface area contributed by atoms with E-state index in [0.29, 0.717) is 17.0 Å². The molecule has 0 saturated heterocycles. The molecular formula is C20H16N6O2S. The summed E-state index contributed by atoms with van der Waals surface area (Å²) in [5.41, 5.74) is 4.58. The van der Waals surface area contributed by atoms with Gasteiger partial charge in [0.2, 0.25) is 0 Å². The fourth-order valence-corrected chi connectivity index (χ4v) is 3.52. The van der Waals surface area contributed by atoms with Crippen LogP contribution in [0.25, 0.3) is 21.6 Å². The van der Waals surface area contributed by atoms with E-state index >= 15 is 0 Å². The number of anilines is 1. The highest BCUT2D eigenvalue weighted by molar-refractivity contribution is 7.17. The number of rotatable bonds is 5. The van der Waals surface area contributed by atoms with Crippen molar-refractivity contribution in [1.82, 2.24) is 20.4 Å². The number of hydrogen-bond acceptors (Lipinski definition) is 7. The van der Waals surface area contributed by atoms with Crippen molar-refractivity contribution in [2.24, 2.45) is 5.10 Å². The first-order valence-electron chi connectivity index (χ1n) is 8.70. The Balaban J connectivity index is 1.51. The largest absolute Gasteiger partial charge is 0.372 e. The van der Waals surface area contributed by atoms with Crippen molar-refractivity contribution in [3.8, 4) is 11.4 Å². The molecule has 3 aromatic heterocycles. The van der Waals surface area contributed by atoms with E-state index in [0.717, 1.165) is 21.6 Å². The Morgan fingerprint density at radius 1 is 1.17 bits per heavy atom. The van der Waals surface area contributed by atoms with Gasteiger partial charge < -0.3 is 10.3 Å². The fraction of sp³-hybridized carbons (Fsp3) is 0.0500. The van der Waals surface area contributed by atoms with Gasteiger partial charge in [-0.05, 0) is 35.7 Å². The van der Waals surface area contributed by atoms with Gasteiger partial charge in [-0.1, -0.05) is 12.1 Å². The number of hydrazone groups is 1. The van der Waals surface area contributed by atoms with E-state index in [1.165, 1.54) is 12.4 Å². The third-order valence-electron chi connectivity index (χ3n) is 4.16. The molecule has 3 N–H and O–H groups in total. The van der Waals surface area contributed by atoms with E-state index < -0.39 is 0 Å². The zero-order valence-electron chi connectivity index (χ0n) is 15.3. The van der Waals surface area contributed by atoms with E-state index in [1.54, 1.807) is 47.7 Å². The smallest absolute Gasteiger partial charge is 0.271 e. The maximum atomic E-state index is 12.3. The normalized spacial score (nSPS) is 11.1. The molecule has 0 bridgehead atoms. The number of nitrogens with zero attached hydrogens (tertiary/aromatic N) is 3. The van der Waals surface area contributed by atoms with Crippen LogP contribution in [0.15, 0.2) is 63.9 Å². The first kappa shape index (κ1) is 18.5. The fourth-order valence-electron chi connectivity index (χ4n) is 2.69. The quantitative estimate of drug-likeness (QED) is 0.350. The molecule has 0 saturated carbocycles. The molecule has 8 nitrogen and oxygen atoms in total. The predicted molar refractivity (Wildman–Crippen MR) is 115 cm³/mol. The summed E-state index contributed by atoms with van der Waals surface area (Å²) in [6, 6.07) is 12.2. The van der Waals surface area contributed by atoms with Crippen molar-refractivity contribution >= 4 is 39.5 Å². The Kier molecular flexibility index (Phi) is 5.12. The second-order valence-corrected chi connectivity index (χ2v) is 6.93. The lowest BCUT2D eigenvalue weighted by Gasteiger charge is -2.06. The number of H-pyrrole nitrogens is 1. The van der Waals surface area contributed by atoms with Crippen LogP contribution in [0.2, 0.25) is 0 Å². The molecule has 0 unspecified atom stereocenters. The molecule has 9 heteroatoms. The van der Waals surface area contributed by atoms with Crippen molar-refractivity contribution in [1.29, 1.82) is 0 Å². The van der Waals surface area contributed by atoms with Gasteiger partial charge in [-0.2, -0.15) is 5.10 Å². The second-order valence-electron chi connectivity index (χ2n) is 6.01. The lowest BCUT2D eigenvalue weighted by molar-refractivity contribution is 0.0955. The Bertz CT molecular complexity index is 1260. The van der Waals surface area contributed by atoms with Crippen molar-refractivity contribution in [2.45, 2.75) is 0 Å². The molecule has 1 aromatic carbocycles. The van der Waals surface area contributed by atoms with Crippen LogP contribution < -0.4 is 16.3 Å².